The first-order valence-electron chi connectivity index (χ1n) is 6.44. The monoisotopic (exact) mass is 399 g/mol. The molecular weight excluding hydrogens is 385 g/mol. The quantitative estimate of drug-likeness (QED) is 0.752. The third kappa shape index (κ3) is 4.14. The highest BCUT2D eigenvalue weighted by Crippen LogP contribution is 2.26. The predicted octanol–water partition coefficient (Wildman–Crippen LogP) is 4.90. The fourth-order valence-electron chi connectivity index (χ4n) is 2.28. The SMILES string of the molecule is CNCC(Cc1cc(Br)ccc1F)c1cccc(Br)c1. The van der Waals surface area contributed by atoms with Gasteiger partial charge in [-0.15, -0.1) is 0 Å². The molecule has 0 fully saturated rings. The lowest BCUT2D eigenvalue weighted by molar-refractivity contribution is 0.574. The largest absolute Gasteiger partial charge is 0.319 e. The van der Waals surface area contributed by atoms with Crippen LogP contribution in [0.25, 0.3) is 0 Å². The van der Waals surface area contributed by atoms with E-state index in [-0.39, 0.29) is 11.7 Å². The minimum Gasteiger partial charge on any atom is -0.319 e. The maximum atomic E-state index is 13.9. The van der Waals surface area contributed by atoms with Crippen molar-refractivity contribution in [3.05, 3.63) is 68.4 Å². The van der Waals surface area contributed by atoms with Crippen molar-refractivity contribution in [1.82, 2.24) is 5.32 Å². The van der Waals surface area contributed by atoms with Gasteiger partial charge in [0, 0.05) is 21.4 Å². The van der Waals surface area contributed by atoms with Crippen LogP contribution in [0, 0.1) is 5.82 Å². The second-order valence-corrected chi connectivity index (χ2v) is 6.58. The number of rotatable bonds is 5. The van der Waals surface area contributed by atoms with E-state index in [2.05, 4.69) is 49.3 Å². The Morgan fingerprint density at radius 1 is 1.10 bits per heavy atom. The van der Waals surface area contributed by atoms with Gasteiger partial charge in [0.15, 0.2) is 0 Å². The lowest BCUT2D eigenvalue weighted by Gasteiger charge is -2.18. The van der Waals surface area contributed by atoms with Gasteiger partial charge in [-0.25, -0.2) is 4.39 Å². The summed E-state index contributed by atoms with van der Waals surface area (Å²) >= 11 is 6.89. The van der Waals surface area contributed by atoms with Crippen LogP contribution in [0.15, 0.2) is 51.4 Å². The normalized spacial score (nSPS) is 12.4. The molecule has 0 amide bonds. The van der Waals surface area contributed by atoms with E-state index in [1.165, 1.54) is 11.6 Å². The second kappa shape index (κ2) is 7.34. The van der Waals surface area contributed by atoms with Crippen molar-refractivity contribution in [2.24, 2.45) is 0 Å². The number of nitrogens with one attached hydrogen (secondary N) is 1. The molecule has 0 aliphatic rings. The highest BCUT2D eigenvalue weighted by molar-refractivity contribution is 9.10. The molecule has 2 aromatic rings. The number of hydrogen-bond donors (Lipinski definition) is 1. The molecule has 0 saturated heterocycles. The van der Waals surface area contributed by atoms with Gasteiger partial charge in [-0.1, -0.05) is 44.0 Å². The van der Waals surface area contributed by atoms with E-state index in [4.69, 9.17) is 0 Å². The third-order valence-corrected chi connectivity index (χ3v) is 4.23. The fraction of sp³-hybridized carbons (Fsp3) is 0.250. The summed E-state index contributed by atoms with van der Waals surface area (Å²) in [6, 6.07) is 13.3. The van der Waals surface area contributed by atoms with Gasteiger partial charge in [0.2, 0.25) is 0 Å². The zero-order valence-electron chi connectivity index (χ0n) is 11.2. The zero-order valence-corrected chi connectivity index (χ0v) is 14.3. The lowest BCUT2D eigenvalue weighted by Crippen LogP contribution is -2.19. The molecule has 0 bridgehead atoms. The summed E-state index contributed by atoms with van der Waals surface area (Å²) in [5, 5.41) is 3.19. The molecule has 1 nitrogen and oxygen atoms in total. The van der Waals surface area contributed by atoms with Gasteiger partial charge in [0.1, 0.15) is 5.82 Å². The Balaban J connectivity index is 2.27. The molecule has 0 aliphatic carbocycles. The van der Waals surface area contributed by atoms with Gasteiger partial charge in [-0.2, -0.15) is 0 Å². The van der Waals surface area contributed by atoms with E-state index >= 15 is 0 Å². The minimum atomic E-state index is -0.149. The molecule has 1 atom stereocenters. The first-order chi connectivity index (χ1) is 9.60. The average molecular weight is 401 g/mol. The standard InChI is InChI=1S/C16H16Br2FN/c1-20-10-13(11-3-2-4-14(17)8-11)7-12-9-15(18)5-6-16(12)19/h2-6,8-9,13,20H,7,10H2,1H3. The van der Waals surface area contributed by atoms with Crippen LogP contribution < -0.4 is 5.32 Å². The fourth-order valence-corrected chi connectivity index (χ4v) is 3.11. The third-order valence-electron chi connectivity index (χ3n) is 3.24. The summed E-state index contributed by atoms with van der Waals surface area (Å²) in [7, 11) is 1.92. The summed E-state index contributed by atoms with van der Waals surface area (Å²) in [6.07, 6.45) is 0.669. The Bertz CT molecular complexity index is 586. The Morgan fingerprint density at radius 3 is 2.55 bits per heavy atom. The van der Waals surface area contributed by atoms with Gasteiger partial charge in [-0.3, -0.25) is 0 Å². The Hall–Kier alpha value is -0.710. The summed E-state index contributed by atoms with van der Waals surface area (Å²) in [4.78, 5) is 0. The van der Waals surface area contributed by atoms with Crippen LogP contribution in [0.2, 0.25) is 0 Å². The van der Waals surface area contributed by atoms with Crippen molar-refractivity contribution in [2.45, 2.75) is 12.3 Å². The molecule has 106 valence electrons. The van der Waals surface area contributed by atoms with Crippen molar-refractivity contribution in [3.8, 4) is 0 Å². The molecule has 20 heavy (non-hydrogen) atoms. The summed E-state index contributed by atoms with van der Waals surface area (Å²) in [5.41, 5.74) is 1.94. The van der Waals surface area contributed by atoms with Crippen molar-refractivity contribution in [2.75, 3.05) is 13.6 Å². The van der Waals surface area contributed by atoms with Crippen LogP contribution in [0.1, 0.15) is 17.0 Å². The smallest absolute Gasteiger partial charge is 0.126 e. The molecule has 1 unspecified atom stereocenters. The van der Waals surface area contributed by atoms with Crippen LogP contribution >= 0.6 is 31.9 Å². The Labute approximate surface area is 135 Å². The molecule has 0 radical (unpaired) electrons. The molecular formula is C16H16Br2FN. The highest BCUT2D eigenvalue weighted by Gasteiger charge is 2.14. The van der Waals surface area contributed by atoms with E-state index in [0.717, 1.165) is 21.1 Å². The molecule has 0 aliphatic heterocycles. The van der Waals surface area contributed by atoms with Crippen molar-refractivity contribution < 1.29 is 4.39 Å². The first kappa shape index (κ1) is 15.7. The molecule has 0 aromatic heterocycles. The van der Waals surface area contributed by atoms with Crippen LogP contribution in [0.4, 0.5) is 4.39 Å². The van der Waals surface area contributed by atoms with Crippen molar-refractivity contribution >= 4 is 31.9 Å². The summed E-state index contributed by atoms with van der Waals surface area (Å²) in [6.45, 7) is 0.808. The number of likely N-dealkylation sites (N-methyl/N-ethyl adjacent to an activating group) is 1. The Kier molecular flexibility index (Phi) is 5.75. The molecule has 4 heteroatoms. The molecule has 2 aromatic carbocycles. The summed E-state index contributed by atoms with van der Waals surface area (Å²) in [5.74, 6) is 0.0885. The molecule has 0 heterocycles. The van der Waals surface area contributed by atoms with Crippen LogP contribution in [0.3, 0.4) is 0 Å². The van der Waals surface area contributed by atoms with E-state index < -0.39 is 0 Å². The second-order valence-electron chi connectivity index (χ2n) is 4.75. The topological polar surface area (TPSA) is 12.0 Å². The van der Waals surface area contributed by atoms with Gasteiger partial charge in [0.05, 0.1) is 0 Å². The zero-order chi connectivity index (χ0) is 14.5. The number of halogens is 3. The maximum Gasteiger partial charge on any atom is 0.126 e. The highest BCUT2D eigenvalue weighted by atomic mass is 79.9. The van der Waals surface area contributed by atoms with Crippen LogP contribution in [-0.4, -0.2) is 13.6 Å². The molecule has 0 spiro atoms. The number of hydrogen-bond acceptors (Lipinski definition) is 1. The van der Waals surface area contributed by atoms with E-state index in [0.29, 0.717) is 6.42 Å². The lowest BCUT2D eigenvalue weighted by atomic mass is 9.91. The number of benzene rings is 2. The van der Waals surface area contributed by atoms with Gasteiger partial charge < -0.3 is 5.32 Å². The average Bonchev–Trinajstić information content (AvgIpc) is 2.42. The van der Waals surface area contributed by atoms with E-state index in [1.807, 2.05) is 25.2 Å². The van der Waals surface area contributed by atoms with E-state index in [1.54, 1.807) is 6.07 Å². The summed E-state index contributed by atoms with van der Waals surface area (Å²) < 4.78 is 15.9. The van der Waals surface area contributed by atoms with Gasteiger partial charge in [-0.05, 0) is 54.9 Å². The Morgan fingerprint density at radius 2 is 1.85 bits per heavy atom. The van der Waals surface area contributed by atoms with Crippen molar-refractivity contribution in [1.29, 1.82) is 0 Å². The first-order valence-corrected chi connectivity index (χ1v) is 8.02. The molecule has 2 rings (SSSR count). The maximum absolute atomic E-state index is 13.9. The van der Waals surface area contributed by atoms with Crippen LogP contribution in [0.5, 0.6) is 0 Å². The van der Waals surface area contributed by atoms with Gasteiger partial charge in [0.25, 0.3) is 0 Å². The van der Waals surface area contributed by atoms with E-state index in [9.17, 15) is 4.39 Å². The van der Waals surface area contributed by atoms with Gasteiger partial charge >= 0.3 is 0 Å². The molecule has 0 saturated carbocycles. The molecule has 1 N–H and O–H groups in total. The minimum absolute atomic E-state index is 0.149. The predicted molar refractivity (Wildman–Crippen MR) is 88.6 cm³/mol. The van der Waals surface area contributed by atoms with Crippen LogP contribution in [-0.2, 0) is 6.42 Å². The van der Waals surface area contributed by atoms with Crippen molar-refractivity contribution in [3.63, 3.8) is 0 Å².